The van der Waals surface area contributed by atoms with Gasteiger partial charge < -0.3 is 20.5 Å². The first-order valence-corrected chi connectivity index (χ1v) is 6.37. The summed E-state index contributed by atoms with van der Waals surface area (Å²) < 4.78 is 10.4. The Morgan fingerprint density at radius 2 is 2.12 bits per heavy atom. The number of amides is 1. The maximum Gasteiger partial charge on any atom is 0.246 e. The summed E-state index contributed by atoms with van der Waals surface area (Å²) in [6.07, 6.45) is 5.52. The average molecular weight is 244 g/mol. The van der Waals surface area contributed by atoms with Crippen molar-refractivity contribution in [2.45, 2.75) is 44.2 Å². The normalized spacial score (nSPS) is 25.3. The second-order valence-corrected chi connectivity index (χ2v) is 4.49. The van der Waals surface area contributed by atoms with Gasteiger partial charge in [0.2, 0.25) is 5.91 Å². The maximum atomic E-state index is 11.4. The van der Waals surface area contributed by atoms with E-state index in [2.05, 4.69) is 5.32 Å². The van der Waals surface area contributed by atoms with E-state index < -0.39 is 0 Å². The van der Waals surface area contributed by atoms with E-state index in [9.17, 15) is 4.79 Å². The average Bonchev–Trinajstić information content (AvgIpc) is 2.52. The lowest BCUT2D eigenvalue weighted by molar-refractivity contribution is -0.128. The number of nitrogens with one attached hydrogen (secondary N) is 1. The van der Waals surface area contributed by atoms with Gasteiger partial charge in [-0.25, -0.2) is 0 Å². The first kappa shape index (κ1) is 14.4. The minimum absolute atomic E-state index is 0.0330. The summed E-state index contributed by atoms with van der Waals surface area (Å²) in [7, 11) is 1.60. The molecule has 0 aromatic carbocycles. The summed E-state index contributed by atoms with van der Waals surface area (Å²) in [6, 6.07) is 0.0734. The lowest BCUT2D eigenvalue weighted by atomic mass is 10.1. The molecule has 0 heterocycles. The molecule has 1 fully saturated rings. The number of hydrogen-bond donors (Lipinski definition) is 2. The molecule has 1 saturated carbocycles. The highest BCUT2D eigenvalue weighted by atomic mass is 16.5. The summed E-state index contributed by atoms with van der Waals surface area (Å²) in [4.78, 5) is 11.4. The topological polar surface area (TPSA) is 73.6 Å². The van der Waals surface area contributed by atoms with Crippen molar-refractivity contribution in [3.8, 4) is 0 Å². The zero-order valence-corrected chi connectivity index (χ0v) is 10.6. The molecule has 0 aliphatic heterocycles. The van der Waals surface area contributed by atoms with Crippen LogP contribution in [0, 0.1) is 0 Å². The molecular weight excluding hydrogens is 220 g/mol. The lowest BCUT2D eigenvalue weighted by Crippen LogP contribution is -2.39. The SMILES string of the molecule is COCCNC(=O)COC1CCCCCC1N. The van der Waals surface area contributed by atoms with Gasteiger partial charge in [0.15, 0.2) is 0 Å². The number of ether oxygens (including phenoxy) is 2. The van der Waals surface area contributed by atoms with Crippen molar-refractivity contribution in [3.63, 3.8) is 0 Å². The molecule has 0 spiro atoms. The molecule has 2 atom stereocenters. The molecule has 0 aromatic heterocycles. The molecule has 1 aliphatic rings. The second-order valence-electron chi connectivity index (χ2n) is 4.49. The van der Waals surface area contributed by atoms with Crippen molar-refractivity contribution in [2.75, 3.05) is 26.9 Å². The van der Waals surface area contributed by atoms with Gasteiger partial charge in [-0.2, -0.15) is 0 Å². The van der Waals surface area contributed by atoms with E-state index in [1.54, 1.807) is 7.11 Å². The monoisotopic (exact) mass is 244 g/mol. The van der Waals surface area contributed by atoms with E-state index in [0.29, 0.717) is 13.2 Å². The number of nitrogens with two attached hydrogens (primary N) is 1. The van der Waals surface area contributed by atoms with Crippen molar-refractivity contribution in [1.82, 2.24) is 5.32 Å². The Morgan fingerprint density at radius 3 is 2.88 bits per heavy atom. The molecule has 0 aromatic rings. The highest BCUT2D eigenvalue weighted by molar-refractivity contribution is 5.77. The van der Waals surface area contributed by atoms with Gasteiger partial charge in [-0.3, -0.25) is 4.79 Å². The Bertz CT molecular complexity index is 224. The van der Waals surface area contributed by atoms with Gasteiger partial charge in [0, 0.05) is 19.7 Å². The number of carbonyl (C=O) groups is 1. The third-order valence-corrected chi connectivity index (χ3v) is 3.06. The lowest BCUT2D eigenvalue weighted by Gasteiger charge is -2.21. The van der Waals surface area contributed by atoms with E-state index in [0.717, 1.165) is 19.3 Å². The Labute approximate surface area is 103 Å². The Hall–Kier alpha value is -0.650. The zero-order valence-electron chi connectivity index (χ0n) is 10.6. The highest BCUT2D eigenvalue weighted by Gasteiger charge is 2.21. The van der Waals surface area contributed by atoms with Gasteiger partial charge in [0.1, 0.15) is 6.61 Å². The molecule has 2 unspecified atom stereocenters. The van der Waals surface area contributed by atoms with Crippen LogP contribution in [0.25, 0.3) is 0 Å². The minimum atomic E-state index is -0.0986. The van der Waals surface area contributed by atoms with Crippen molar-refractivity contribution < 1.29 is 14.3 Å². The standard InChI is InChI=1S/C12H24N2O3/c1-16-8-7-14-12(15)9-17-11-6-4-2-3-5-10(11)13/h10-11H,2-9,13H2,1H3,(H,14,15). The summed E-state index contributed by atoms with van der Waals surface area (Å²) in [5.41, 5.74) is 6.01. The third kappa shape index (κ3) is 6.00. The van der Waals surface area contributed by atoms with Crippen molar-refractivity contribution in [2.24, 2.45) is 5.73 Å². The van der Waals surface area contributed by atoms with Crippen molar-refractivity contribution >= 4 is 5.91 Å². The van der Waals surface area contributed by atoms with Crippen LogP contribution in [0.3, 0.4) is 0 Å². The Morgan fingerprint density at radius 1 is 1.35 bits per heavy atom. The van der Waals surface area contributed by atoms with Gasteiger partial charge in [0.05, 0.1) is 12.7 Å². The number of rotatable bonds is 6. The molecule has 1 aliphatic carbocycles. The second kappa shape index (κ2) is 8.44. The smallest absolute Gasteiger partial charge is 0.246 e. The quantitative estimate of drug-likeness (QED) is 0.525. The van der Waals surface area contributed by atoms with Crippen LogP contribution in [0.5, 0.6) is 0 Å². The van der Waals surface area contributed by atoms with Crippen LogP contribution in [0.4, 0.5) is 0 Å². The van der Waals surface area contributed by atoms with E-state index in [-0.39, 0.29) is 24.7 Å². The molecule has 0 bridgehead atoms. The van der Waals surface area contributed by atoms with Crippen LogP contribution in [0.2, 0.25) is 0 Å². The Balaban J connectivity index is 2.16. The molecular formula is C12H24N2O3. The first-order valence-electron chi connectivity index (χ1n) is 6.37. The fourth-order valence-electron chi connectivity index (χ4n) is 2.04. The first-order chi connectivity index (χ1) is 8.24. The molecule has 0 saturated heterocycles. The number of methoxy groups -OCH3 is 1. The summed E-state index contributed by atoms with van der Waals surface area (Å²) in [5, 5.41) is 2.72. The molecule has 5 heteroatoms. The van der Waals surface area contributed by atoms with Crippen LogP contribution >= 0.6 is 0 Å². The summed E-state index contributed by atoms with van der Waals surface area (Å²) >= 11 is 0. The van der Waals surface area contributed by atoms with Crippen LogP contribution in [0.1, 0.15) is 32.1 Å². The maximum absolute atomic E-state index is 11.4. The van der Waals surface area contributed by atoms with Crippen LogP contribution in [-0.2, 0) is 14.3 Å². The fraction of sp³-hybridized carbons (Fsp3) is 0.917. The van der Waals surface area contributed by atoms with Crippen LogP contribution in [-0.4, -0.2) is 44.9 Å². The van der Waals surface area contributed by atoms with Gasteiger partial charge in [-0.15, -0.1) is 0 Å². The van der Waals surface area contributed by atoms with E-state index in [1.807, 2.05) is 0 Å². The van der Waals surface area contributed by atoms with Crippen molar-refractivity contribution in [3.05, 3.63) is 0 Å². The molecule has 5 nitrogen and oxygen atoms in total. The summed E-state index contributed by atoms with van der Waals surface area (Å²) in [5.74, 6) is -0.0986. The largest absolute Gasteiger partial charge is 0.383 e. The van der Waals surface area contributed by atoms with Gasteiger partial charge in [0.25, 0.3) is 0 Å². The van der Waals surface area contributed by atoms with Gasteiger partial charge >= 0.3 is 0 Å². The molecule has 1 amide bonds. The predicted molar refractivity (Wildman–Crippen MR) is 65.7 cm³/mol. The predicted octanol–water partition coefficient (Wildman–Crippen LogP) is 0.426. The molecule has 1 rings (SSSR count). The van der Waals surface area contributed by atoms with E-state index in [1.165, 1.54) is 12.8 Å². The third-order valence-electron chi connectivity index (χ3n) is 3.06. The number of hydrogen-bond acceptors (Lipinski definition) is 4. The van der Waals surface area contributed by atoms with Crippen LogP contribution in [0.15, 0.2) is 0 Å². The molecule has 0 radical (unpaired) electrons. The molecule has 17 heavy (non-hydrogen) atoms. The molecule has 3 N–H and O–H groups in total. The Kier molecular flexibility index (Phi) is 7.16. The van der Waals surface area contributed by atoms with Gasteiger partial charge in [-0.1, -0.05) is 19.3 Å². The highest BCUT2D eigenvalue weighted by Crippen LogP contribution is 2.18. The fourth-order valence-corrected chi connectivity index (χ4v) is 2.04. The van der Waals surface area contributed by atoms with E-state index in [4.69, 9.17) is 15.2 Å². The number of carbonyl (C=O) groups excluding carboxylic acids is 1. The van der Waals surface area contributed by atoms with Crippen molar-refractivity contribution in [1.29, 1.82) is 0 Å². The minimum Gasteiger partial charge on any atom is -0.383 e. The summed E-state index contributed by atoms with van der Waals surface area (Å²) in [6.45, 7) is 1.15. The zero-order chi connectivity index (χ0) is 12.5. The van der Waals surface area contributed by atoms with E-state index >= 15 is 0 Å². The van der Waals surface area contributed by atoms with Gasteiger partial charge in [-0.05, 0) is 12.8 Å². The van der Waals surface area contributed by atoms with Crippen LogP contribution < -0.4 is 11.1 Å². The molecule has 100 valence electrons.